The number of nitrogens with one attached hydrogen (secondary N) is 1. The molecule has 3 atom stereocenters. The van der Waals surface area contributed by atoms with Crippen LogP contribution in [0.5, 0.6) is 0 Å². The van der Waals surface area contributed by atoms with Gasteiger partial charge in [-0.25, -0.2) is 0 Å². The van der Waals surface area contributed by atoms with Gasteiger partial charge in [-0.3, -0.25) is 0 Å². The van der Waals surface area contributed by atoms with Crippen LogP contribution in [0.3, 0.4) is 0 Å². The minimum absolute atomic E-state index is 0.495. The lowest BCUT2D eigenvalue weighted by atomic mass is 9.78. The zero-order valence-electron chi connectivity index (χ0n) is 10.7. The van der Waals surface area contributed by atoms with E-state index >= 15 is 0 Å². The van der Waals surface area contributed by atoms with Crippen LogP contribution in [0.4, 0.5) is 0 Å². The van der Waals surface area contributed by atoms with Gasteiger partial charge < -0.3 is 15.0 Å². The zero-order valence-corrected chi connectivity index (χ0v) is 10.7. The molecule has 3 unspecified atom stereocenters. The largest absolute Gasteiger partial charge is 0.377 e. The molecule has 2 rings (SSSR count). The molecule has 3 heteroatoms. The summed E-state index contributed by atoms with van der Waals surface area (Å²) >= 11 is 0. The molecule has 0 aromatic carbocycles. The van der Waals surface area contributed by atoms with Crippen LogP contribution in [0, 0.1) is 5.92 Å². The van der Waals surface area contributed by atoms with Gasteiger partial charge in [-0.15, -0.1) is 0 Å². The molecule has 0 spiro atoms. The molecule has 2 aliphatic rings. The van der Waals surface area contributed by atoms with Crippen molar-refractivity contribution in [2.45, 2.75) is 44.2 Å². The van der Waals surface area contributed by atoms with E-state index in [1.54, 1.807) is 0 Å². The van der Waals surface area contributed by atoms with E-state index in [0.717, 1.165) is 25.1 Å². The highest BCUT2D eigenvalue weighted by molar-refractivity contribution is 4.89. The quantitative estimate of drug-likeness (QED) is 0.768. The Morgan fingerprint density at radius 1 is 1.25 bits per heavy atom. The summed E-state index contributed by atoms with van der Waals surface area (Å²) in [5, 5.41) is 3.30. The third kappa shape index (κ3) is 2.96. The van der Waals surface area contributed by atoms with Crippen molar-refractivity contribution in [2.75, 3.05) is 33.8 Å². The summed E-state index contributed by atoms with van der Waals surface area (Å²) in [6, 6.07) is 0.790. The van der Waals surface area contributed by atoms with Crippen LogP contribution >= 0.6 is 0 Å². The highest BCUT2D eigenvalue weighted by Crippen LogP contribution is 2.31. The number of ether oxygens (including phenoxy) is 1. The van der Waals surface area contributed by atoms with E-state index in [-0.39, 0.29) is 0 Å². The van der Waals surface area contributed by atoms with Crippen molar-refractivity contribution in [1.82, 2.24) is 10.2 Å². The van der Waals surface area contributed by atoms with Gasteiger partial charge in [0.05, 0.1) is 6.10 Å². The second-order valence-electron chi connectivity index (χ2n) is 5.39. The summed E-state index contributed by atoms with van der Waals surface area (Å²) in [4.78, 5) is 2.53. The minimum atomic E-state index is 0.495. The van der Waals surface area contributed by atoms with Gasteiger partial charge in [0.2, 0.25) is 0 Å². The predicted molar refractivity (Wildman–Crippen MR) is 66.7 cm³/mol. The molecule has 1 aliphatic carbocycles. The third-order valence-corrected chi connectivity index (χ3v) is 4.18. The van der Waals surface area contributed by atoms with Gasteiger partial charge in [0, 0.05) is 19.2 Å². The minimum Gasteiger partial charge on any atom is -0.377 e. The standard InChI is InChI=1S/C13H26N2O/c1-14-9-11-6-7-13(11)15(2)10-12-5-3-4-8-16-12/h11-14H,3-10H2,1-2H3. The predicted octanol–water partition coefficient (Wildman–Crippen LogP) is 1.49. The zero-order chi connectivity index (χ0) is 11.4. The van der Waals surface area contributed by atoms with Crippen molar-refractivity contribution in [1.29, 1.82) is 0 Å². The Morgan fingerprint density at radius 3 is 2.69 bits per heavy atom. The van der Waals surface area contributed by atoms with E-state index in [4.69, 9.17) is 4.74 Å². The first kappa shape index (κ1) is 12.3. The number of rotatable bonds is 5. The maximum atomic E-state index is 5.81. The summed E-state index contributed by atoms with van der Waals surface area (Å²) < 4.78 is 5.81. The highest BCUT2D eigenvalue weighted by Gasteiger charge is 2.34. The van der Waals surface area contributed by atoms with E-state index < -0.39 is 0 Å². The molecule has 0 bridgehead atoms. The molecule has 1 saturated carbocycles. The molecule has 0 aromatic heterocycles. The summed E-state index contributed by atoms with van der Waals surface area (Å²) in [7, 11) is 4.32. The Balaban J connectivity index is 1.72. The molecule has 0 aromatic rings. The lowest BCUT2D eigenvalue weighted by Crippen LogP contribution is -2.51. The second-order valence-corrected chi connectivity index (χ2v) is 5.39. The lowest BCUT2D eigenvalue weighted by molar-refractivity contribution is -0.0249. The fourth-order valence-corrected chi connectivity index (χ4v) is 3.04. The maximum Gasteiger partial charge on any atom is 0.0702 e. The molecular weight excluding hydrogens is 200 g/mol. The average Bonchev–Trinajstić information content (AvgIpc) is 2.25. The molecule has 94 valence electrons. The molecule has 16 heavy (non-hydrogen) atoms. The Hall–Kier alpha value is -0.120. The van der Waals surface area contributed by atoms with E-state index in [9.17, 15) is 0 Å². The summed E-state index contributed by atoms with van der Waals surface area (Å²) in [5.74, 6) is 0.860. The monoisotopic (exact) mass is 226 g/mol. The molecule has 1 N–H and O–H groups in total. The number of hydrogen-bond acceptors (Lipinski definition) is 3. The lowest BCUT2D eigenvalue weighted by Gasteiger charge is -2.44. The van der Waals surface area contributed by atoms with E-state index in [2.05, 4.69) is 24.3 Å². The van der Waals surface area contributed by atoms with E-state index in [1.807, 2.05) is 0 Å². The first-order chi connectivity index (χ1) is 7.81. The van der Waals surface area contributed by atoms with Crippen LogP contribution in [-0.4, -0.2) is 50.8 Å². The smallest absolute Gasteiger partial charge is 0.0702 e. The van der Waals surface area contributed by atoms with Crippen molar-refractivity contribution in [3.8, 4) is 0 Å². The van der Waals surface area contributed by atoms with Crippen molar-refractivity contribution in [3.05, 3.63) is 0 Å². The topological polar surface area (TPSA) is 24.5 Å². The van der Waals surface area contributed by atoms with Crippen LogP contribution < -0.4 is 5.32 Å². The molecule has 0 amide bonds. The first-order valence-electron chi connectivity index (χ1n) is 6.77. The Labute approximate surface area is 99.5 Å². The SMILES string of the molecule is CNCC1CCC1N(C)CC1CCCCO1. The van der Waals surface area contributed by atoms with Gasteiger partial charge in [-0.05, 0) is 58.7 Å². The van der Waals surface area contributed by atoms with Gasteiger partial charge in [-0.1, -0.05) is 0 Å². The second kappa shape index (κ2) is 5.99. The van der Waals surface area contributed by atoms with E-state index in [1.165, 1.54) is 38.6 Å². The molecular formula is C13H26N2O. The van der Waals surface area contributed by atoms with Crippen LogP contribution in [0.25, 0.3) is 0 Å². The molecule has 3 nitrogen and oxygen atoms in total. The fraction of sp³-hybridized carbons (Fsp3) is 1.00. The Bertz CT molecular complexity index is 204. The van der Waals surface area contributed by atoms with Crippen LogP contribution in [0.1, 0.15) is 32.1 Å². The molecule has 1 heterocycles. The van der Waals surface area contributed by atoms with Gasteiger partial charge in [-0.2, -0.15) is 0 Å². The van der Waals surface area contributed by atoms with Crippen molar-refractivity contribution < 1.29 is 4.74 Å². The first-order valence-corrected chi connectivity index (χ1v) is 6.77. The molecule has 1 saturated heterocycles. The van der Waals surface area contributed by atoms with E-state index in [0.29, 0.717) is 6.10 Å². The van der Waals surface area contributed by atoms with Crippen LogP contribution in [-0.2, 0) is 4.74 Å². The molecule has 2 fully saturated rings. The Morgan fingerprint density at radius 2 is 2.12 bits per heavy atom. The third-order valence-electron chi connectivity index (χ3n) is 4.18. The molecule has 0 radical (unpaired) electrons. The number of hydrogen-bond donors (Lipinski definition) is 1. The molecule has 1 aliphatic heterocycles. The maximum absolute atomic E-state index is 5.81. The summed E-state index contributed by atoms with van der Waals surface area (Å²) in [6.45, 7) is 3.27. The van der Waals surface area contributed by atoms with Crippen molar-refractivity contribution in [2.24, 2.45) is 5.92 Å². The van der Waals surface area contributed by atoms with Crippen molar-refractivity contribution >= 4 is 0 Å². The van der Waals surface area contributed by atoms with Crippen LogP contribution in [0.2, 0.25) is 0 Å². The van der Waals surface area contributed by atoms with Gasteiger partial charge in [0.15, 0.2) is 0 Å². The van der Waals surface area contributed by atoms with Crippen molar-refractivity contribution in [3.63, 3.8) is 0 Å². The summed E-state index contributed by atoms with van der Waals surface area (Å²) in [6.07, 6.45) is 7.12. The summed E-state index contributed by atoms with van der Waals surface area (Å²) in [5.41, 5.74) is 0. The van der Waals surface area contributed by atoms with Gasteiger partial charge in [0.25, 0.3) is 0 Å². The van der Waals surface area contributed by atoms with Gasteiger partial charge in [0.1, 0.15) is 0 Å². The average molecular weight is 226 g/mol. The number of nitrogens with zero attached hydrogens (tertiary/aromatic N) is 1. The normalized spacial score (nSPS) is 35.1. The number of likely N-dealkylation sites (N-methyl/N-ethyl adjacent to an activating group) is 1. The Kier molecular flexibility index (Phi) is 4.62. The fourth-order valence-electron chi connectivity index (χ4n) is 3.04. The highest BCUT2D eigenvalue weighted by atomic mass is 16.5. The van der Waals surface area contributed by atoms with Gasteiger partial charge >= 0.3 is 0 Å². The van der Waals surface area contributed by atoms with Crippen LogP contribution in [0.15, 0.2) is 0 Å².